The van der Waals surface area contributed by atoms with E-state index in [-0.39, 0.29) is 28.6 Å². The fourth-order valence-electron chi connectivity index (χ4n) is 6.48. The van der Waals surface area contributed by atoms with Gasteiger partial charge in [-0.2, -0.15) is 5.26 Å². The van der Waals surface area contributed by atoms with E-state index in [1.165, 1.54) is 0 Å². The highest BCUT2D eigenvalue weighted by atomic mass is 35.5. The first-order chi connectivity index (χ1) is 16.1. The van der Waals surface area contributed by atoms with Gasteiger partial charge < -0.3 is 4.74 Å². The van der Waals surface area contributed by atoms with Gasteiger partial charge in [0.1, 0.15) is 17.9 Å². The molecule has 2 aliphatic rings. The van der Waals surface area contributed by atoms with Crippen LogP contribution in [0.3, 0.4) is 0 Å². The quantitative estimate of drug-likeness (QED) is 0.430. The van der Waals surface area contributed by atoms with Crippen molar-refractivity contribution in [2.24, 2.45) is 22.7 Å². The number of carbonyl (C=O) groups excluding carboxylic acids is 1. The van der Waals surface area contributed by atoms with Crippen LogP contribution in [-0.2, 0) is 6.42 Å². The van der Waals surface area contributed by atoms with Crippen molar-refractivity contribution in [2.45, 2.75) is 66.4 Å². The normalized spacial score (nSPS) is 23.8. The number of fused-ring (bicyclic) bond motifs is 1. The summed E-state index contributed by atoms with van der Waals surface area (Å²) in [5, 5.41) is 9.53. The molecule has 1 fully saturated rings. The fourth-order valence-corrected chi connectivity index (χ4v) is 6.69. The summed E-state index contributed by atoms with van der Waals surface area (Å²) in [7, 11) is 0. The van der Waals surface area contributed by atoms with Crippen LogP contribution in [0, 0.1) is 45.8 Å². The van der Waals surface area contributed by atoms with Crippen LogP contribution < -0.4 is 4.74 Å². The predicted octanol–water partition coefficient (Wildman–Crippen LogP) is 7.24. The molecule has 0 N–H and O–H groups in total. The Balaban J connectivity index is 1.42. The number of hydrogen-bond acceptors (Lipinski definition) is 3. The van der Waals surface area contributed by atoms with Gasteiger partial charge in [0.15, 0.2) is 5.78 Å². The predicted molar refractivity (Wildman–Crippen MR) is 136 cm³/mol. The van der Waals surface area contributed by atoms with E-state index in [0.717, 1.165) is 42.4 Å². The van der Waals surface area contributed by atoms with E-state index in [0.29, 0.717) is 22.3 Å². The van der Waals surface area contributed by atoms with E-state index in [1.807, 2.05) is 25.1 Å². The molecule has 0 spiro atoms. The number of halogens is 1. The molecule has 3 nitrogen and oxygen atoms in total. The van der Waals surface area contributed by atoms with Gasteiger partial charge in [-0.15, -0.1) is 0 Å². The number of rotatable bonds is 5. The summed E-state index contributed by atoms with van der Waals surface area (Å²) in [6.45, 7) is 11.1. The van der Waals surface area contributed by atoms with Crippen molar-refractivity contribution in [2.75, 3.05) is 0 Å². The van der Waals surface area contributed by atoms with Gasteiger partial charge in [-0.3, -0.25) is 4.79 Å². The van der Waals surface area contributed by atoms with Gasteiger partial charge in [0, 0.05) is 40.4 Å². The summed E-state index contributed by atoms with van der Waals surface area (Å²) < 4.78 is 6.41. The van der Waals surface area contributed by atoms with Gasteiger partial charge >= 0.3 is 0 Å². The smallest absolute Gasteiger partial charge is 0.166 e. The maximum atomic E-state index is 13.1. The molecule has 1 atom stereocenters. The average Bonchev–Trinajstić information content (AvgIpc) is 3.10. The highest BCUT2D eigenvalue weighted by Gasteiger charge is 2.62. The number of Topliss-reactive ketones (excluding diaryl/α,β-unsaturated/α-hetero) is 1. The van der Waals surface area contributed by atoms with Crippen molar-refractivity contribution in [3.8, 4) is 23.7 Å². The Hall–Kier alpha value is -2.75. The lowest BCUT2D eigenvalue weighted by atomic mass is 9.44. The van der Waals surface area contributed by atoms with Crippen LogP contribution in [0.1, 0.15) is 80.9 Å². The summed E-state index contributed by atoms with van der Waals surface area (Å²) in [6.07, 6.45) is 3.53. The molecule has 0 aliphatic heterocycles. The molecule has 2 aliphatic carbocycles. The van der Waals surface area contributed by atoms with Crippen molar-refractivity contribution in [3.05, 3.63) is 63.7 Å². The van der Waals surface area contributed by atoms with Crippen LogP contribution in [0.2, 0.25) is 5.02 Å². The zero-order valence-electron chi connectivity index (χ0n) is 20.7. The summed E-state index contributed by atoms with van der Waals surface area (Å²) in [6, 6.07) is 13.4. The van der Waals surface area contributed by atoms with Gasteiger partial charge in [0.2, 0.25) is 0 Å². The molecule has 0 heterocycles. The van der Waals surface area contributed by atoms with E-state index in [4.69, 9.17) is 21.6 Å². The number of benzene rings is 2. The van der Waals surface area contributed by atoms with E-state index < -0.39 is 0 Å². The lowest BCUT2D eigenvalue weighted by Gasteiger charge is -2.63. The van der Waals surface area contributed by atoms with Gasteiger partial charge in [0.05, 0.1) is 10.6 Å². The molecule has 34 heavy (non-hydrogen) atoms. The number of carbonyl (C=O) groups is 1. The molecule has 0 aromatic heterocycles. The molecule has 0 amide bonds. The zero-order chi connectivity index (χ0) is 24.7. The molecule has 176 valence electrons. The van der Waals surface area contributed by atoms with Crippen molar-refractivity contribution in [1.82, 2.24) is 0 Å². The minimum Gasteiger partial charge on any atom is -0.489 e. The molecule has 2 aromatic carbocycles. The van der Waals surface area contributed by atoms with Crippen LogP contribution in [0.5, 0.6) is 5.75 Å². The SMILES string of the molecule is CCC#Cc1ccc2c(c1)CC(CC[C@H]1C(C)(C)[C@H](Oc3ccc(C#N)c(Cl)c3)C1(C)C)C2=O. The topological polar surface area (TPSA) is 50.1 Å². The maximum absolute atomic E-state index is 13.1. The molecule has 0 bridgehead atoms. The molecular formula is C30H32ClNO2. The number of ether oxygens (including phenoxy) is 1. The molecule has 1 saturated carbocycles. The second-order valence-corrected chi connectivity index (χ2v) is 11.2. The number of nitrogens with zero attached hydrogens (tertiary/aromatic N) is 1. The third-order valence-corrected chi connectivity index (χ3v) is 8.20. The van der Waals surface area contributed by atoms with Crippen LogP contribution in [0.15, 0.2) is 36.4 Å². The highest BCUT2D eigenvalue weighted by molar-refractivity contribution is 6.31. The number of hydrogen-bond donors (Lipinski definition) is 0. The number of ketones is 1. The van der Waals surface area contributed by atoms with E-state index in [1.54, 1.807) is 12.1 Å². The Morgan fingerprint density at radius 1 is 1.09 bits per heavy atom. The summed E-state index contributed by atoms with van der Waals surface area (Å²) in [5.74, 6) is 7.74. The molecule has 0 radical (unpaired) electrons. The molecule has 2 aromatic rings. The van der Waals surface area contributed by atoms with Crippen molar-refractivity contribution < 1.29 is 9.53 Å². The molecule has 4 heteroatoms. The lowest BCUT2D eigenvalue weighted by molar-refractivity contribution is -0.201. The average molecular weight is 474 g/mol. The van der Waals surface area contributed by atoms with E-state index in [2.05, 4.69) is 51.7 Å². The van der Waals surface area contributed by atoms with Gasteiger partial charge in [-0.25, -0.2) is 0 Å². The number of nitriles is 1. The second kappa shape index (κ2) is 9.13. The van der Waals surface area contributed by atoms with Crippen molar-refractivity contribution >= 4 is 17.4 Å². The Labute approximate surface area is 208 Å². The Morgan fingerprint density at radius 3 is 2.47 bits per heavy atom. The van der Waals surface area contributed by atoms with Crippen molar-refractivity contribution in [1.29, 1.82) is 5.26 Å². The largest absolute Gasteiger partial charge is 0.489 e. The summed E-state index contributed by atoms with van der Waals surface area (Å²) in [4.78, 5) is 13.1. The van der Waals surface area contributed by atoms with Crippen LogP contribution >= 0.6 is 11.6 Å². The summed E-state index contributed by atoms with van der Waals surface area (Å²) >= 11 is 6.21. The minimum absolute atomic E-state index is 0.0187. The monoisotopic (exact) mass is 473 g/mol. The van der Waals surface area contributed by atoms with Gasteiger partial charge in [0.25, 0.3) is 0 Å². The first-order valence-corrected chi connectivity index (χ1v) is 12.5. The first kappa shape index (κ1) is 24.4. The molecule has 4 rings (SSSR count). The lowest BCUT2D eigenvalue weighted by Crippen LogP contribution is -2.65. The third kappa shape index (κ3) is 4.23. The summed E-state index contributed by atoms with van der Waals surface area (Å²) in [5.41, 5.74) is 3.38. The van der Waals surface area contributed by atoms with Crippen molar-refractivity contribution in [3.63, 3.8) is 0 Å². The second-order valence-electron chi connectivity index (χ2n) is 10.8. The third-order valence-electron chi connectivity index (χ3n) is 7.88. The van der Waals surface area contributed by atoms with E-state index >= 15 is 0 Å². The maximum Gasteiger partial charge on any atom is 0.166 e. The van der Waals surface area contributed by atoms with Crippen LogP contribution in [0.4, 0.5) is 0 Å². The highest BCUT2D eigenvalue weighted by Crippen LogP contribution is 2.62. The van der Waals surface area contributed by atoms with Gasteiger partial charge in [-0.05, 0) is 61.1 Å². The van der Waals surface area contributed by atoms with E-state index in [9.17, 15) is 4.79 Å². The standard InChI is InChI=1S/C30H32ClNO2/c1-6-7-8-19-9-13-24-22(15-19)16-20(27(24)33)11-14-26-29(2,3)28(30(26,4)5)34-23-12-10-21(18-32)25(31)17-23/h9-10,12-13,15,17,20,26,28H,6,11,14,16H2,1-5H3/t20?,26-,28-. The first-order valence-electron chi connectivity index (χ1n) is 12.1. The molecule has 1 unspecified atom stereocenters. The molecular weight excluding hydrogens is 442 g/mol. The Morgan fingerprint density at radius 2 is 1.82 bits per heavy atom. The Bertz CT molecular complexity index is 1210. The molecule has 0 saturated heterocycles. The zero-order valence-corrected chi connectivity index (χ0v) is 21.4. The van der Waals surface area contributed by atoms with Crippen LogP contribution in [-0.4, -0.2) is 11.9 Å². The fraction of sp³-hybridized carbons (Fsp3) is 0.467. The Kier molecular flexibility index (Phi) is 6.54. The van der Waals surface area contributed by atoms with Gasteiger partial charge in [-0.1, -0.05) is 58.1 Å². The minimum atomic E-state index is -0.0404. The van der Waals surface area contributed by atoms with Crippen LogP contribution in [0.25, 0.3) is 0 Å².